The Morgan fingerprint density at radius 2 is 2.06 bits per heavy atom. The van der Waals surface area contributed by atoms with Crippen LogP contribution in [0.5, 0.6) is 0 Å². The summed E-state index contributed by atoms with van der Waals surface area (Å²) in [5.74, 6) is 1.63. The average Bonchev–Trinajstić information content (AvgIpc) is 2.26. The lowest BCUT2D eigenvalue weighted by Gasteiger charge is -2.39. The van der Waals surface area contributed by atoms with Crippen LogP contribution in [0.15, 0.2) is 0 Å². The van der Waals surface area contributed by atoms with Gasteiger partial charge in [0, 0.05) is 18.6 Å². The molecule has 0 spiro atoms. The summed E-state index contributed by atoms with van der Waals surface area (Å²) in [6.45, 7) is 13.4. The van der Waals surface area contributed by atoms with Crippen molar-refractivity contribution in [2.75, 3.05) is 26.3 Å². The molecule has 0 bridgehead atoms. The molecule has 17 heavy (non-hydrogen) atoms. The average molecular weight is 241 g/mol. The van der Waals surface area contributed by atoms with E-state index in [1.54, 1.807) is 0 Å². The summed E-state index contributed by atoms with van der Waals surface area (Å²) >= 11 is 0. The van der Waals surface area contributed by atoms with Gasteiger partial charge in [0.1, 0.15) is 0 Å². The lowest BCUT2D eigenvalue weighted by molar-refractivity contribution is -0.0205. The molecule has 0 aromatic carbocycles. The fourth-order valence-electron chi connectivity index (χ4n) is 3.30. The van der Waals surface area contributed by atoms with Gasteiger partial charge in [-0.15, -0.1) is 0 Å². The van der Waals surface area contributed by atoms with Gasteiger partial charge in [-0.25, -0.2) is 0 Å². The molecule has 1 heterocycles. The maximum Gasteiger partial charge on any atom is 0.0534 e. The molecule has 1 N–H and O–H groups in total. The largest absolute Gasteiger partial charge is 0.381 e. The standard InChI is InChI=1S/C15H31NO/c1-5-16-11-15(7-6-8-17-12-15)10-14(4)9-13(2)3/h13-14,16H,5-12H2,1-4H3. The Hall–Kier alpha value is -0.0800. The van der Waals surface area contributed by atoms with Crippen molar-refractivity contribution in [3.63, 3.8) is 0 Å². The zero-order valence-electron chi connectivity index (χ0n) is 12.2. The minimum absolute atomic E-state index is 0.405. The number of ether oxygens (including phenoxy) is 1. The quantitative estimate of drug-likeness (QED) is 0.737. The molecule has 1 fully saturated rings. The van der Waals surface area contributed by atoms with Gasteiger partial charge in [-0.2, -0.15) is 0 Å². The highest BCUT2D eigenvalue weighted by molar-refractivity contribution is 4.85. The van der Waals surface area contributed by atoms with Crippen LogP contribution in [0.3, 0.4) is 0 Å². The Morgan fingerprint density at radius 3 is 2.59 bits per heavy atom. The Balaban J connectivity index is 2.49. The molecular formula is C15H31NO. The molecule has 0 aromatic heterocycles. The third kappa shape index (κ3) is 5.39. The normalized spacial score (nSPS) is 27.4. The summed E-state index contributed by atoms with van der Waals surface area (Å²) in [4.78, 5) is 0. The molecule has 1 saturated heterocycles. The van der Waals surface area contributed by atoms with Crippen LogP contribution in [-0.2, 0) is 4.74 Å². The van der Waals surface area contributed by atoms with Crippen molar-refractivity contribution in [2.45, 2.75) is 53.4 Å². The van der Waals surface area contributed by atoms with Crippen molar-refractivity contribution < 1.29 is 4.74 Å². The molecule has 0 saturated carbocycles. The van der Waals surface area contributed by atoms with Crippen LogP contribution in [0, 0.1) is 17.3 Å². The lowest BCUT2D eigenvalue weighted by Crippen LogP contribution is -2.42. The van der Waals surface area contributed by atoms with Crippen LogP contribution in [0.25, 0.3) is 0 Å². The smallest absolute Gasteiger partial charge is 0.0534 e. The van der Waals surface area contributed by atoms with E-state index in [9.17, 15) is 0 Å². The molecule has 2 atom stereocenters. The minimum Gasteiger partial charge on any atom is -0.381 e. The van der Waals surface area contributed by atoms with Gasteiger partial charge in [0.2, 0.25) is 0 Å². The SMILES string of the molecule is CCNCC1(CC(C)CC(C)C)CCCOC1. The maximum atomic E-state index is 5.75. The second-order valence-corrected chi connectivity index (χ2v) is 6.38. The first-order valence-corrected chi connectivity index (χ1v) is 7.36. The summed E-state index contributed by atoms with van der Waals surface area (Å²) in [7, 11) is 0. The molecule has 2 heteroatoms. The van der Waals surface area contributed by atoms with Gasteiger partial charge in [-0.3, -0.25) is 0 Å². The highest BCUT2D eigenvalue weighted by Gasteiger charge is 2.33. The van der Waals surface area contributed by atoms with E-state index < -0.39 is 0 Å². The highest BCUT2D eigenvalue weighted by Crippen LogP contribution is 2.36. The first-order chi connectivity index (χ1) is 8.08. The van der Waals surface area contributed by atoms with Crippen LogP contribution >= 0.6 is 0 Å². The third-order valence-corrected chi connectivity index (χ3v) is 3.81. The maximum absolute atomic E-state index is 5.75. The van der Waals surface area contributed by atoms with Crippen LogP contribution in [0.4, 0.5) is 0 Å². The van der Waals surface area contributed by atoms with Crippen molar-refractivity contribution in [3.05, 3.63) is 0 Å². The van der Waals surface area contributed by atoms with Gasteiger partial charge in [0.05, 0.1) is 6.61 Å². The number of nitrogens with one attached hydrogen (secondary N) is 1. The van der Waals surface area contributed by atoms with Crippen molar-refractivity contribution >= 4 is 0 Å². The number of hydrogen-bond acceptors (Lipinski definition) is 2. The van der Waals surface area contributed by atoms with Gasteiger partial charge in [-0.05, 0) is 44.1 Å². The van der Waals surface area contributed by atoms with E-state index in [-0.39, 0.29) is 0 Å². The first kappa shape index (κ1) is 15.0. The Morgan fingerprint density at radius 1 is 1.29 bits per heavy atom. The number of rotatable bonds is 7. The second kappa shape index (κ2) is 7.38. The van der Waals surface area contributed by atoms with Gasteiger partial charge in [-0.1, -0.05) is 27.7 Å². The zero-order valence-corrected chi connectivity index (χ0v) is 12.2. The minimum atomic E-state index is 0.405. The van der Waals surface area contributed by atoms with Gasteiger partial charge >= 0.3 is 0 Å². The number of hydrogen-bond donors (Lipinski definition) is 1. The van der Waals surface area contributed by atoms with Crippen molar-refractivity contribution in [1.29, 1.82) is 0 Å². The predicted octanol–water partition coefficient (Wildman–Crippen LogP) is 3.47. The Kier molecular flexibility index (Phi) is 6.50. The fraction of sp³-hybridized carbons (Fsp3) is 1.00. The van der Waals surface area contributed by atoms with E-state index in [2.05, 4.69) is 33.0 Å². The van der Waals surface area contributed by atoms with Crippen molar-refractivity contribution in [3.8, 4) is 0 Å². The van der Waals surface area contributed by atoms with Crippen molar-refractivity contribution in [2.24, 2.45) is 17.3 Å². The molecule has 0 aliphatic carbocycles. The molecule has 1 aliphatic heterocycles. The molecule has 0 amide bonds. The summed E-state index contributed by atoms with van der Waals surface area (Å²) < 4.78 is 5.75. The monoisotopic (exact) mass is 241 g/mol. The summed E-state index contributed by atoms with van der Waals surface area (Å²) in [6, 6.07) is 0. The molecule has 2 nitrogen and oxygen atoms in total. The molecular weight excluding hydrogens is 210 g/mol. The summed E-state index contributed by atoms with van der Waals surface area (Å²) in [6.07, 6.45) is 5.23. The van der Waals surface area contributed by atoms with E-state index in [4.69, 9.17) is 4.74 Å². The van der Waals surface area contributed by atoms with E-state index in [1.165, 1.54) is 25.7 Å². The van der Waals surface area contributed by atoms with E-state index in [0.29, 0.717) is 5.41 Å². The van der Waals surface area contributed by atoms with E-state index in [1.807, 2.05) is 0 Å². The summed E-state index contributed by atoms with van der Waals surface area (Å²) in [5, 5.41) is 3.54. The first-order valence-electron chi connectivity index (χ1n) is 7.36. The molecule has 1 rings (SSSR count). The molecule has 1 aliphatic rings. The van der Waals surface area contributed by atoms with Crippen molar-refractivity contribution in [1.82, 2.24) is 5.32 Å². The topological polar surface area (TPSA) is 21.3 Å². The van der Waals surface area contributed by atoms with Gasteiger partial charge < -0.3 is 10.1 Å². The zero-order chi connectivity index (χ0) is 12.7. The van der Waals surface area contributed by atoms with E-state index >= 15 is 0 Å². The van der Waals surface area contributed by atoms with Crippen LogP contribution in [0.1, 0.15) is 53.4 Å². The molecule has 0 radical (unpaired) electrons. The molecule has 0 aromatic rings. The third-order valence-electron chi connectivity index (χ3n) is 3.81. The Bertz CT molecular complexity index is 197. The second-order valence-electron chi connectivity index (χ2n) is 6.38. The Labute approximate surface area is 108 Å². The van der Waals surface area contributed by atoms with Crippen LogP contribution in [-0.4, -0.2) is 26.3 Å². The summed E-state index contributed by atoms with van der Waals surface area (Å²) in [5.41, 5.74) is 0.405. The molecule has 2 unspecified atom stereocenters. The fourth-order valence-corrected chi connectivity index (χ4v) is 3.30. The van der Waals surface area contributed by atoms with E-state index in [0.717, 1.165) is 38.1 Å². The van der Waals surface area contributed by atoms with Crippen LogP contribution < -0.4 is 5.32 Å². The van der Waals surface area contributed by atoms with Gasteiger partial charge in [0.25, 0.3) is 0 Å². The van der Waals surface area contributed by atoms with Crippen LogP contribution in [0.2, 0.25) is 0 Å². The highest BCUT2D eigenvalue weighted by atomic mass is 16.5. The van der Waals surface area contributed by atoms with Gasteiger partial charge in [0.15, 0.2) is 0 Å². The molecule has 102 valence electrons. The lowest BCUT2D eigenvalue weighted by atomic mass is 9.74. The predicted molar refractivity (Wildman–Crippen MR) is 74.3 cm³/mol.